The summed E-state index contributed by atoms with van der Waals surface area (Å²) in [5, 5.41) is 8.10. The average molecular weight is 295 g/mol. The van der Waals surface area contributed by atoms with Crippen LogP contribution in [0.25, 0.3) is 0 Å². The van der Waals surface area contributed by atoms with E-state index in [1.165, 1.54) is 19.4 Å². The van der Waals surface area contributed by atoms with Crippen LogP contribution in [0.5, 0.6) is 0 Å². The van der Waals surface area contributed by atoms with Crippen molar-refractivity contribution in [3.05, 3.63) is 34.3 Å². The number of likely N-dealkylation sites (N-methyl/N-ethyl adjacent to an activating group) is 2. The minimum absolute atomic E-state index is 0.0550. The van der Waals surface area contributed by atoms with Crippen molar-refractivity contribution in [3.63, 3.8) is 0 Å². The molecule has 0 radical (unpaired) electrons. The summed E-state index contributed by atoms with van der Waals surface area (Å²) in [5.41, 5.74) is 7.23. The molecule has 1 aromatic carbocycles. The molecule has 0 aromatic heterocycles. The number of benzene rings is 1. The monoisotopic (exact) mass is 294 g/mol. The van der Waals surface area contributed by atoms with Gasteiger partial charge in [0.2, 0.25) is 0 Å². The zero-order valence-electron chi connectivity index (χ0n) is 12.2. The van der Waals surface area contributed by atoms with Crippen LogP contribution in [0.15, 0.2) is 18.2 Å². The van der Waals surface area contributed by atoms with Crippen LogP contribution >= 0.6 is 11.6 Å². The van der Waals surface area contributed by atoms with Gasteiger partial charge in [-0.15, -0.1) is 0 Å². The van der Waals surface area contributed by atoms with E-state index in [1.807, 2.05) is 12.1 Å². The molecule has 4 nitrogen and oxygen atoms in total. The van der Waals surface area contributed by atoms with Gasteiger partial charge >= 0.3 is 0 Å². The Morgan fingerprint density at radius 2 is 2.30 bits per heavy atom. The summed E-state index contributed by atoms with van der Waals surface area (Å²) >= 11 is 6.27. The molecule has 1 aliphatic rings. The minimum atomic E-state index is 0.0550. The average Bonchev–Trinajstić information content (AvgIpc) is 2.77. The summed E-state index contributed by atoms with van der Waals surface area (Å²) in [7, 11) is 4.32. The number of nitrogen functional groups attached to an aromatic ring is 1. The van der Waals surface area contributed by atoms with E-state index in [2.05, 4.69) is 23.9 Å². The van der Waals surface area contributed by atoms with E-state index in [1.54, 1.807) is 6.07 Å². The first kappa shape index (κ1) is 15.3. The number of amidine groups is 1. The zero-order valence-corrected chi connectivity index (χ0v) is 13.0. The number of nitrogens with two attached hydrogens (primary N) is 1. The smallest absolute Gasteiger partial charge is 0.122 e. The van der Waals surface area contributed by atoms with Gasteiger partial charge in [-0.25, -0.2) is 0 Å². The summed E-state index contributed by atoms with van der Waals surface area (Å²) < 4.78 is 0. The van der Waals surface area contributed by atoms with Crippen molar-refractivity contribution < 1.29 is 0 Å². The lowest BCUT2D eigenvalue weighted by Crippen LogP contribution is -2.36. The molecule has 110 valence electrons. The van der Waals surface area contributed by atoms with Gasteiger partial charge in [0.15, 0.2) is 0 Å². The number of hydrogen-bond acceptors (Lipinski definition) is 3. The molecule has 1 fully saturated rings. The summed E-state index contributed by atoms with van der Waals surface area (Å²) in [4.78, 5) is 4.73. The molecule has 2 rings (SSSR count). The van der Waals surface area contributed by atoms with Crippen molar-refractivity contribution in [2.24, 2.45) is 5.73 Å². The predicted molar refractivity (Wildman–Crippen MR) is 84.5 cm³/mol. The summed E-state index contributed by atoms with van der Waals surface area (Å²) in [6.45, 7) is 3.08. The highest BCUT2D eigenvalue weighted by Crippen LogP contribution is 2.21. The van der Waals surface area contributed by atoms with Crippen LogP contribution in [0.4, 0.5) is 0 Å². The van der Waals surface area contributed by atoms with Gasteiger partial charge in [-0.1, -0.05) is 23.7 Å². The molecule has 0 bridgehead atoms. The maximum absolute atomic E-state index is 7.42. The first-order valence-electron chi connectivity index (χ1n) is 6.99. The standard InChI is InChI=1S/C15H23ClN4/c1-19(10-13-4-3-7-20(13)2)9-12-6-5-11(15(17)18)8-14(12)16/h5-6,8,13H,3-4,7,9-10H2,1-2H3,(H3,17,18). The van der Waals surface area contributed by atoms with Crippen LogP contribution in [-0.4, -0.2) is 48.9 Å². The van der Waals surface area contributed by atoms with Crippen molar-refractivity contribution in [1.29, 1.82) is 5.41 Å². The van der Waals surface area contributed by atoms with E-state index >= 15 is 0 Å². The third-order valence-electron chi connectivity index (χ3n) is 4.00. The molecule has 20 heavy (non-hydrogen) atoms. The number of rotatable bonds is 5. The molecule has 5 heteroatoms. The normalized spacial score (nSPS) is 19.7. The van der Waals surface area contributed by atoms with Gasteiger partial charge < -0.3 is 15.5 Å². The molecule has 1 heterocycles. The fourth-order valence-electron chi connectivity index (χ4n) is 2.77. The first-order valence-corrected chi connectivity index (χ1v) is 7.37. The first-order chi connectivity index (χ1) is 9.47. The quantitative estimate of drug-likeness (QED) is 0.646. The Labute approximate surface area is 126 Å². The maximum atomic E-state index is 7.42. The number of halogens is 1. The van der Waals surface area contributed by atoms with Gasteiger partial charge in [0.1, 0.15) is 5.84 Å². The molecule has 0 amide bonds. The van der Waals surface area contributed by atoms with E-state index in [-0.39, 0.29) is 5.84 Å². The molecule has 1 aromatic rings. The van der Waals surface area contributed by atoms with Crippen molar-refractivity contribution in [2.45, 2.75) is 25.4 Å². The molecular formula is C15H23ClN4. The third kappa shape index (κ3) is 3.72. The van der Waals surface area contributed by atoms with Crippen LogP contribution in [0.3, 0.4) is 0 Å². The molecule has 0 saturated carbocycles. The third-order valence-corrected chi connectivity index (χ3v) is 4.35. The van der Waals surface area contributed by atoms with Crippen molar-refractivity contribution in [3.8, 4) is 0 Å². The van der Waals surface area contributed by atoms with Gasteiger partial charge in [0.05, 0.1) is 0 Å². The van der Waals surface area contributed by atoms with Gasteiger partial charge in [-0.3, -0.25) is 5.41 Å². The molecule has 1 unspecified atom stereocenters. The summed E-state index contributed by atoms with van der Waals surface area (Å²) in [6.07, 6.45) is 2.57. The molecular weight excluding hydrogens is 272 g/mol. The van der Waals surface area contributed by atoms with Gasteiger partial charge in [-0.2, -0.15) is 0 Å². The summed E-state index contributed by atoms with van der Waals surface area (Å²) in [6, 6.07) is 6.25. The Bertz CT molecular complexity index is 489. The molecule has 1 aliphatic heterocycles. The van der Waals surface area contributed by atoms with E-state index in [0.717, 1.165) is 18.7 Å². The number of nitrogens with zero attached hydrogens (tertiary/aromatic N) is 2. The molecule has 0 spiro atoms. The lowest BCUT2D eigenvalue weighted by molar-refractivity contribution is 0.215. The second-order valence-corrected chi connectivity index (χ2v) is 6.10. The van der Waals surface area contributed by atoms with E-state index in [4.69, 9.17) is 22.7 Å². The van der Waals surface area contributed by atoms with Crippen LogP contribution < -0.4 is 5.73 Å². The van der Waals surface area contributed by atoms with E-state index in [9.17, 15) is 0 Å². The van der Waals surface area contributed by atoms with Crippen molar-refractivity contribution in [2.75, 3.05) is 27.2 Å². The highest BCUT2D eigenvalue weighted by molar-refractivity contribution is 6.31. The predicted octanol–water partition coefficient (Wildman–Crippen LogP) is 2.15. The Balaban J connectivity index is 1.97. The lowest BCUT2D eigenvalue weighted by atomic mass is 10.1. The summed E-state index contributed by atoms with van der Waals surface area (Å²) in [5.74, 6) is 0.0550. The second kappa shape index (κ2) is 6.57. The number of hydrogen-bond donors (Lipinski definition) is 2. The van der Waals surface area contributed by atoms with Crippen molar-refractivity contribution >= 4 is 17.4 Å². The Kier molecular flexibility index (Phi) is 5.02. The zero-order chi connectivity index (χ0) is 14.7. The van der Waals surface area contributed by atoms with Gasteiger partial charge in [0, 0.05) is 29.7 Å². The Morgan fingerprint density at radius 1 is 1.55 bits per heavy atom. The van der Waals surface area contributed by atoms with Crippen molar-refractivity contribution in [1.82, 2.24) is 9.80 Å². The van der Waals surface area contributed by atoms with Crippen LogP contribution in [0.2, 0.25) is 5.02 Å². The fourth-order valence-corrected chi connectivity index (χ4v) is 3.01. The number of nitrogens with one attached hydrogen (secondary N) is 1. The van der Waals surface area contributed by atoms with Crippen LogP contribution in [0, 0.1) is 5.41 Å². The van der Waals surface area contributed by atoms with Gasteiger partial charge in [0.25, 0.3) is 0 Å². The molecule has 0 aliphatic carbocycles. The maximum Gasteiger partial charge on any atom is 0.122 e. The second-order valence-electron chi connectivity index (χ2n) is 5.69. The Morgan fingerprint density at radius 3 is 2.85 bits per heavy atom. The molecule has 1 atom stereocenters. The van der Waals surface area contributed by atoms with E-state index < -0.39 is 0 Å². The van der Waals surface area contributed by atoms with E-state index in [0.29, 0.717) is 16.6 Å². The topological polar surface area (TPSA) is 56.4 Å². The van der Waals surface area contributed by atoms with Gasteiger partial charge in [-0.05, 0) is 45.1 Å². The SMILES string of the molecule is CN(Cc1ccc(C(=N)N)cc1Cl)CC1CCCN1C. The molecule has 3 N–H and O–H groups in total. The highest BCUT2D eigenvalue weighted by atomic mass is 35.5. The Hall–Kier alpha value is -1.10. The van der Waals surface area contributed by atoms with Crippen LogP contribution in [0.1, 0.15) is 24.0 Å². The fraction of sp³-hybridized carbons (Fsp3) is 0.533. The largest absolute Gasteiger partial charge is 0.384 e. The number of likely N-dealkylation sites (tertiary alicyclic amines) is 1. The lowest BCUT2D eigenvalue weighted by Gasteiger charge is -2.26. The van der Waals surface area contributed by atoms with Crippen LogP contribution in [-0.2, 0) is 6.54 Å². The highest BCUT2D eigenvalue weighted by Gasteiger charge is 2.22. The minimum Gasteiger partial charge on any atom is -0.384 e. The molecule has 1 saturated heterocycles.